The van der Waals surface area contributed by atoms with Gasteiger partial charge in [-0.2, -0.15) is 0 Å². The van der Waals surface area contributed by atoms with E-state index in [1.54, 1.807) is 0 Å². The Balaban J connectivity index is 2.74. The van der Waals surface area contributed by atoms with Crippen LogP contribution in [0.3, 0.4) is 0 Å². The van der Waals surface area contributed by atoms with Crippen molar-refractivity contribution in [2.75, 3.05) is 12.4 Å². The van der Waals surface area contributed by atoms with Gasteiger partial charge in [-0.05, 0) is 29.7 Å². The first kappa shape index (κ1) is 10.8. The zero-order valence-corrected chi connectivity index (χ0v) is 9.33. The van der Waals surface area contributed by atoms with Gasteiger partial charge in [-0.1, -0.05) is 20.8 Å². The maximum Gasteiger partial charge on any atom is 0.0627 e. The van der Waals surface area contributed by atoms with Gasteiger partial charge in [0.1, 0.15) is 0 Å². The Hall–Kier alpha value is -1.31. The summed E-state index contributed by atoms with van der Waals surface area (Å²) in [6.07, 6.45) is 1.97. The Morgan fingerprint density at radius 3 is 2.14 bits per heavy atom. The van der Waals surface area contributed by atoms with E-state index in [4.69, 9.17) is 0 Å². The van der Waals surface area contributed by atoms with Crippen molar-refractivity contribution in [1.29, 1.82) is 0 Å². The Bertz CT molecular complexity index is 304. The van der Waals surface area contributed by atoms with Gasteiger partial charge in [0, 0.05) is 18.9 Å². The fraction of sp³-hybridized carbons (Fsp3) is 0.417. The standard InChI is InChI=1S/C12H18N2/c1-12(2,3)9-14-11-7-5-10(13-4)6-8-11/h5-9,13H,1-4H3/b14-9+. The highest BCUT2D eigenvalue weighted by Crippen LogP contribution is 2.17. The molecule has 0 amide bonds. The Morgan fingerprint density at radius 1 is 1.14 bits per heavy atom. The minimum absolute atomic E-state index is 0.141. The van der Waals surface area contributed by atoms with Crippen LogP contribution >= 0.6 is 0 Å². The lowest BCUT2D eigenvalue weighted by Gasteiger charge is -2.09. The molecule has 0 aliphatic carbocycles. The van der Waals surface area contributed by atoms with Crippen LogP contribution in [0.1, 0.15) is 20.8 Å². The second-order valence-corrected chi connectivity index (χ2v) is 4.42. The van der Waals surface area contributed by atoms with E-state index in [1.807, 2.05) is 37.5 Å². The summed E-state index contributed by atoms with van der Waals surface area (Å²) in [7, 11) is 1.91. The first-order chi connectivity index (χ1) is 6.51. The molecule has 2 heteroatoms. The fourth-order valence-electron chi connectivity index (χ4n) is 0.982. The van der Waals surface area contributed by atoms with E-state index in [0.717, 1.165) is 11.4 Å². The van der Waals surface area contributed by atoms with Gasteiger partial charge in [0.2, 0.25) is 0 Å². The smallest absolute Gasteiger partial charge is 0.0627 e. The molecule has 1 N–H and O–H groups in total. The van der Waals surface area contributed by atoms with Crippen LogP contribution in [-0.2, 0) is 0 Å². The summed E-state index contributed by atoms with van der Waals surface area (Å²) >= 11 is 0. The number of aliphatic imine (C=N–C) groups is 1. The van der Waals surface area contributed by atoms with Gasteiger partial charge in [0.15, 0.2) is 0 Å². The monoisotopic (exact) mass is 190 g/mol. The number of nitrogens with zero attached hydrogens (tertiary/aromatic N) is 1. The van der Waals surface area contributed by atoms with Crippen molar-refractivity contribution in [2.45, 2.75) is 20.8 Å². The molecule has 0 spiro atoms. The molecule has 0 heterocycles. The highest BCUT2D eigenvalue weighted by molar-refractivity contribution is 5.68. The van der Waals surface area contributed by atoms with E-state index in [0.29, 0.717) is 0 Å². The average Bonchev–Trinajstić information content (AvgIpc) is 2.14. The van der Waals surface area contributed by atoms with Gasteiger partial charge < -0.3 is 5.32 Å². The van der Waals surface area contributed by atoms with Crippen molar-refractivity contribution in [3.8, 4) is 0 Å². The second kappa shape index (κ2) is 4.27. The lowest BCUT2D eigenvalue weighted by molar-refractivity contribution is 0.607. The van der Waals surface area contributed by atoms with Crippen molar-refractivity contribution < 1.29 is 0 Å². The molecule has 1 rings (SSSR count). The summed E-state index contributed by atoms with van der Waals surface area (Å²) < 4.78 is 0. The summed E-state index contributed by atoms with van der Waals surface area (Å²) in [6.45, 7) is 6.41. The number of anilines is 1. The first-order valence-corrected chi connectivity index (χ1v) is 4.84. The molecule has 0 atom stereocenters. The van der Waals surface area contributed by atoms with Crippen LogP contribution in [0, 0.1) is 5.41 Å². The molecule has 0 bridgehead atoms. The topological polar surface area (TPSA) is 24.4 Å². The van der Waals surface area contributed by atoms with Gasteiger partial charge >= 0.3 is 0 Å². The summed E-state index contributed by atoms with van der Waals surface area (Å²) in [5.74, 6) is 0. The Kier molecular flexibility index (Phi) is 3.28. The first-order valence-electron chi connectivity index (χ1n) is 4.84. The summed E-state index contributed by atoms with van der Waals surface area (Å²) in [6, 6.07) is 8.06. The molecule has 0 radical (unpaired) electrons. The molecular formula is C12H18N2. The predicted octanol–water partition coefficient (Wildman–Crippen LogP) is 3.48. The number of benzene rings is 1. The normalized spacial score (nSPS) is 12.0. The molecule has 14 heavy (non-hydrogen) atoms. The van der Waals surface area contributed by atoms with Crippen molar-refractivity contribution in [3.63, 3.8) is 0 Å². The molecular weight excluding hydrogens is 172 g/mol. The van der Waals surface area contributed by atoms with Gasteiger partial charge in [0.25, 0.3) is 0 Å². The molecule has 0 aromatic heterocycles. The molecule has 0 saturated carbocycles. The third kappa shape index (κ3) is 3.60. The largest absolute Gasteiger partial charge is 0.388 e. The summed E-state index contributed by atoms with van der Waals surface area (Å²) in [4.78, 5) is 4.40. The third-order valence-electron chi connectivity index (χ3n) is 1.76. The van der Waals surface area contributed by atoms with Crippen molar-refractivity contribution in [3.05, 3.63) is 24.3 Å². The quantitative estimate of drug-likeness (QED) is 0.709. The number of rotatable bonds is 2. The Labute approximate surface area is 86.1 Å². The third-order valence-corrected chi connectivity index (χ3v) is 1.76. The van der Waals surface area contributed by atoms with Crippen LogP contribution in [0.25, 0.3) is 0 Å². The van der Waals surface area contributed by atoms with Crippen LogP contribution in [0.15, 0.2) is 29.3 Å². The highest BCUT2D eigenvalue weighted by Gasteiger charge is 2.04. The Morgan fingerprint density at radius 2 is 1.71 bits per heavy atom. The number of nitrogens with one attached hydrogen (secondary N) is 1. The van der Waals surface area contributed by atoms with Crippen molar-refractivity contribution in [2.24, 2.45) is 10.4 Å². The summed E-state index contributed by atoms with van der Waals surface area (Å²) in [5.41, 5.74) is 2.25. The molecule has 1 aromatic rings. The molecule has 76 valence electrons. The van der Waals surface area contributed by atoms with Crippen LogP contribution in [0.2, 0.25) is 0 Å². The van der Waals surface area contributed by atoms with Gasteiger partial charge in [-0.25, -0.2) is 0 Å². The van der Waals surface area contributed by atoms with E-state index in [2.05, 4.69) is 31.1 Å². The zero-order valence-electron chi connectivity index (χ0n) is 9.33. The second-order valence-electron chi connectivity index (χ2n) is 4.42. The molecule has 0 unspecified atom stereocenters. The minimum atomic E-state index is 0.141. The molecule has 2 nitrogen and oxygen atoms in total. The highest BCUT2D eigenvalue weighted by atomic mass is 14.8. The molecule has 1 aromatic carbocycles. The van der Waals surface area contributed by atoms with Gasteiger partial charge in [-0.3, -0.25) is 4.99 Å². The fourth-order valence-corrected chi connectivity index (χ4v) is 0.982. The van der Waals surface area contributed by atoms with Crippen LogP contribution < -0.4 is 5.32 Å². The van der Waals surface area contributed by atoms with E-state index < -0.39 is 0 Å². The van der Waals surface area contributed by atoms with Crippen molar-refractivity contribution in [1.82, 2.24) is 0 Å². The number of hydrogen-bond donors (Lipinski definition) is 1. The molecule has 0 aliphatic heterocycles. The van der Waals surface area contributed by atoms with Crippen LogP contribution in [0.4, 0.5) is 11.4 Å². The molecule has 0 saturated heterocycles. The van der Waals surface area contributed by atoms with Crippen LogP contribution in [0.5, 0.6) is 0 Å². The lowest BCUT2D eigenvalue weighted by Crippen LogP contribution is -2.05. The number of hydrogen-bond acceptors (Lipinski definition) is 2. The van der Waals surface area contributed by atoms with Gasteiger partial charge in [-0.15, -0.1) is 0 Å². The zero-order chi connectivity index (χ0) is 10.6. The minimum Gasteiger partial charge on any atom is -0.388 e. The van der Waals surface area contributed by atoms with Gasteiger partial charge in [0.05, 0.1) is 5.69 Å². The lowest BCUT2D eigenvalue weighted by atomic mass is 9.99. The van der Waals surface area contributed by atoms with E-state index in [9.17, 15) is 0 Å². The van der Waals surface area contributed by atoms with E-state index in [-0.39, 0.29) is 5.41 Å². The molecule has 0 fully saturated rings. The predicted molar refractivity (Wildman–Crippen MR) is 63.6 cm³/mol. The maximum absolute atomic E-state index is 4.40. The van der Waals surface area contributed by atoms with E-state index in [1.165, 1.54) is 0 Å². The SMILES string of the molecule is CNc1ccc(/N=C/C(C)(C)C)cc1. The average molecular weight is 190 g/mol. The molecule has 0 aliphatic rings. The van der Waals surface area contributed by atoms with E-state index >= 15 is 0 Å². The van der Waals surface area contributed by atoms with Crippen LogP contribution in [-0.4, -0.2) is 13.3 Å². The summed E-state index contributed by atoms with van der Waals surface area (Å²) in [5, 5.41) is 3.07. The maximum atomic E-state index is 4.40. The van der Waals surface area contributed by atoms with Crippen molar-refractivity contribution >= 4 is 17.6 Å².